The van der Waals surface area contributed by atoms with Crippen molar-refractivity contribution in [3.8, 4) is 0 Å². The van der Waals surface area contributed by atoms with Gasteiger partial charge in [-0.1, -0.05) is 19.1 Å². The predicted molar refractivity (Wildman–Crippen MR) is 87.4 cm³/mol. The number of hydrogen-bond acceptors (Lipinski definition) is 3. The second-order valence-corrected chi connectivity index (χ2v) is 6.59. The first-order chi connectivity index (χ1) is 9.26. The van der Waals surface area contributed by atoms with Crippen LogP contribution in [0.15, 0.2) is 40.6 Å². The molecule has 2 rings (SSSR count). The van der Waals surface area contributed by atoms with Crippen LogP contribution in [0.1, 0.15) is 35.4 Å². The molecule has 0 aliphatic carbocycles. The molecule has 1 N–H and O–H groups in total. The molecule has 1 aromatic heterocycles. The van der Waals surface area contributed by atoms with Crippen LogP contribution in [0.2, 0.25) is 0 Å². The first-order valence-corrected chi connectivity index (χ1v) is 8.78. The van der Waals surface area contributed by atoms with Gasteiger partial charge in [-0.05, 0) is 60.9 Å². The Morgan fingerprint density at radius 1 is 1.21 bits per heavy atom. The van der Waals surface area contributed by atoms with Crippen LogP contribution in [0.3, 0.4) is 0 Å². The van der Waals surface area contributed by atoms with Gasteiger partial charge in [-0.3, -0.25) is 0 Å². The molecule has 1 nitrogen and oxygen atoms in total. The summed E-state index contributed by atoms with van der Waals surface area (Å²) in [5.41, 5.74) is 2.77. The van der Waals surface area contributed by atoms with Gasteiger partial charge >= 0.3 is 0 Å². The highest BCUT2D eigenvalue weighted by molar-refractivity contribution is 7.98. The van der Waals surface area contributed by atoms with E-state index >= 15 is 0 Å². The van der Waals surface area contributed by atoms with Gasteiger partial charge in [0.1, 0.15) is 0 Å². The monoisotopic (exact) mass is 291 g/mol. The van der Waals surface area contributed by atoms with E-state index in [4.69, 9.17) is 0 Å². The van der Waals surface area contributed by atoms with Crippen LogP contribution in [-0.4, -0.2) is 12.8 Å². The van der Waals surface area contributed by atoms with Crippen LogP contribution in [0.4, 0.5) is 0 Å². The average molecular weight is 291 g/mol. The molecule has 1 heterocycles. The van der Waals surface area contributed by atoms with Gasteiger partial charge in [0, 0.05) is 9.77 Å². The quantitative estimate of drug-likeness (QED) is 0.762. The van der Waals surface area contributed by atoms with E-state index < -0.39 is 0 Å². The second kappa shape index (κ2) is 7.13. The van der Waals surface area contributed by atoms with Crippen molar-refractivity contribution in [2.24, 2.45) is 0 Å². The molecule has 0 fully saturated rings. The molecule has 0 amide bonds. The summed E-state index contributed by atoms with van der Waals surface area (Å²) in [6.45, 7) is 5.46. The molecule has 3 heteroatoms. The van der Waals surface area contributed by atoms with Crippen molar-refractivity contribution in [2.75, 3.05) is 12.8 Å². The fourth-order valence-corrected chi connectivity index (χ4v) is 3.34. The normalized spacial score (nSPS) is 12.6. The SMILES string of the molecule is CCCNC(c1ccc(SC)cc1)c1ccsc1C. The Labute approximate surface area is 124 Å². The van der Waals surface area contributed by atoms with E-state index in [1.54, 1.807) is 11.8 Å². The number of nitrogens with one attached hydrogen (secondary N) is 1. The van der Waals surface area contributed by atoms with Gasteiger partial charge in [0.2, 0.25) is 0 Å². The molecule has 2 aromatic rings. The van der Waals surface area contributed by atoms with Crippen LogP contribution >= 0.6 is 23.1 Å². The topological polar surface area (TPSA) is 12.0 Å². The molecule has 0 aliphatic rings. The molecular formula is C16H21NS2. The van der Waals surface area contributed by atoms with Crippen molar-refractivity contribution in [3.05, 3.63) is 51.7 Å². The van der Waals surface area contributed by atoms with Gasteiger partial charge in [0.05, 0.1) is 6.04 Å². The molecule has 0 saturated heterocycles. The van der Waals surface area contributed by atoms with E-state index in [2.05, 4.69) is 61.1 Å². The Morgan fingerprint density at radius 3 is 2.47 bits per heavy atom. The van der Waals surface area contributed by atoms with Crippen molar-refractivity contribution < 1.29 is 0 Å². The highest BCUT2D eigenvalue weighted by Gasteiger charge is 2.16. The third-order valence-corrected chi connectivity index (χ3v) is 4.86. The summed E-state index contributed by atoms with van der Waals surface area (Å²) in [4.78, 5) is 2.72. The number of rotatable bonds is 6. The average Bonchev–Trinajstić information content (AvgIpc) is 2.86. The summed E-state index contributed by atoms with van der Waals surface area (Å²) in [6, 6.07) is 11.5. The van der Waals surface area contributed by atoms with Crippen molar-refractivity contribution in [3.63, 3.8) is 0 Å². The van der Waals surface area contributed by atoms with E-state index in [1.165, 1.54) is 20.9 Å². The van der Waals surface area contributed by atoms with Crippen LogP contribution in [-0.2, 0) is 0 Å². The zero-order valence-electron chi connectivity index (χ0n) is 11.8. The lowest BCUT2D eigenvalue weighted by molar-refractivity contribution is 0.598. The largest absolute Gasteiger partial charge is 0.306 e. The number of thioether (sulfide) groups is 1. The third kappa shape index (κ3) is 3.62. The summed E-state index contributed by atoms with van der Waals surface area (Å²) in [6.07, 6.45) is 3.27. The summed E-state index contributed by atoms with van der Waals surface area (Å²) < 4.78 is 0. The Morgan fingerprint density at radius 2 is 1.95 bits per heavy atom. The van der Waals surface area contributed by atoms with Crippen molar-refractivity contribution in [2.45, 2.75) is 31.2 Å². The molecule has 0 aliphatic heterocycles. The molecular weight excluding hydrogens is 270 g/mol. The molecule has 0 spiro atoms. The highest BCUT2D eigenvalue weighted by atomic mass is 32.2. The molecule has 0 radical (unpaired) electrons. The zero-order valence-corrected chi connectivity index (χ0v) is 13.4. The Balaban J connectivity index is 2.28. The Hall–Kier alpha value is -0.770. The van der Waals surface area contributed by atoms with Crippen molar-refractivity contribution >= 4 is 23.1 Å². The molecule has 1 unspecified atom stereocenters. The minimum absolute atomic E-state index is 0.321. The fourth-order valence-electron chi connectivity index (χ4n) is 2.19. The van der Waals surface area contributed by atoms with Gasteiger partial charge in [-0.15, -0.1) is 23.1 Å². The molecule has 1 atom stereocenters. The predicted octanol–water partition coefficient (Wildman–Crippen LogP) is 4.87. The standard InChI is InChI=1S/C16H21NS2/c1-4-10-17-16(15-9-11-19-12(15)2)13-5-7-14(18-3)8-6-13/h5-9,11,16-17H,4,10H2,1-3H3. The van der Waals surface area contributed by atoms with Crippen LogP contribution in [0, 0.1) is 6.92 Å². The molecule has 19 heavy (non-hydrogen) atoms. The number of thiophene rings is 1. The maximum Gasteiger partial charge on any atom is 0.0587 e. The Bertz CT molecular complexity index is 502. The summed E-state index contributed by atoms with van der Waals surface area (Å²) in [5, 5.41) is 5.85. The number of aryl methyl sites for hydroxylation is 1. The lowest BCUT2D eigenvalue weighted by Gasteiger charge is -2.19. The van der Waals surface area contributed by atoms with E-state index in [1.807, 2.05) is 11.3 Å². The van der Waals surface area contributed by atoms with Gasteiger partial charge in [0.15, 0.2) is 0 Å². The van der Waals surface area contributed by atoms with Gasteiger partial charge in [0.25, 0.3) is 0 Å². The number of hydrogen-bond donors (Lipinski definition) is 1. The number of benzene rings is 1. The van der Waals surface area contributed by atoms with Crippen LogP contribution in [0.5, 0.6) is 0 Å². The summed E-state index contributed by atoms with van der Waals surface area (Å²) >= 11 is 3.61. The van der Waals surface area contributed by atoms with E-state index in [0.717, 1.165) is 13.0 Å². The smallest absolute Gasteiger partial charge is 0.0587 e. The van der Waals surface area contributed by atoms with Crippen LogP contribution in [0.25, 0.3) is 0 Å². The molecule has 102 valence electrons. The van der Waals surface area contributed by atoms with E-state index in [-0.39, 0.29) is 0 Å². The van der Waals surface area contributed by atoms with Gasteiger partial charge in [-0.2, -0.15) is 0 Å². The van der Waals surface area contributed by atoms with Gasteiger partial charge < -0.3 is 5.32 Å². The third-order valence-electron chi connectivity index (χ3n) is 3.26. The maximum atomic E-state index is 3.67. The summed E-state index contributed by atoms with van der Waals surface area (Å²) in [5.74, 6) is 0. The van der Waals surface area contributed by atoms with E-state index in [9.17, 15) is 0 Å². The highest BCUT2D eigenvalue weighted by Crippen LogP contribution is 2.29. The Kier molecular flexibility index (Phi) is 5.49. The lowest BCUT2D eigenvalue weighted by atomic mass is 9.99. The second-order valence-electron chi connectivity index (χ2n) is 4.59. The van der Waals surface area contributed by atoms with Crippen molar-refractivity contribution in [1.82, 2.24) is 5.32 Å². The lowest BCUT2D eigenvalue weighted by Crippen LogP contribution is -2.23. The maximum absolute atomic E-state index is 3.67. The first-order valence-electron chi connectivity index (χ1n) is 6.67. The van der Waals surface area contributed by atoms with Crippen molar-refractivity contribution in [1.29, 1.82) is 0 Å². The zero-order chi connectivity index (χ0) is 13.7. The molecule has 0 bridgehead atoms. The molecule has 1 aromatic carbocycles. The molecule has 0 saturated carbocycles. The van der Waals surface area contributed by atoms with Crippen LogP contribution < -0.4 is 5.32 Å². The summed E-state index contributed by atoms with van der Waals surface area (Å²) in [7, 11) is 0. The first kappa shape index (κ1) is 14.6. The fraction of sp³-hybridized carbons (Fsp3) is 0.375. The van der Waals surface area contributed by atoms with E-state index in [0.29, 0.717) is 6.04 Å². The van der Waals surface area contributed by atoms with Gasteiger partial charge in [-0.25, -0.2) is 0 Å². The minimum Gasteiger partial charge on any atom is -0.306 e. The minimum atomic E-state index is 0.321.